The van der Waals surface area contributed by atoms with Crippen LogP contribution in [0.2, 0.25) is 5.02 Å². The van der Waals surface area contributed by atoms with Crippen molar-refractivity contribution in [3.05, 3.63) is 87.3 Å². The van der Waals surface area contributed by atoms with Crippen LogP contribution in [0.1, 0.15) is 53.6 Å². The smallest absolute Gasteiger partial charge is 0.259 e. The van der Waals surface area contributed by atoms with Gasteiger partial charge in [0.1, 0.15) is 16.8 Å². The molecular formula is C32H30ClN3O2S. The van der Waals surface area contributed by atoms with Gasteiger partial charge in [-0.3, -0.25) is 4.79 Å². The number of rotatable bonds is 6. The molecule has 0 unspecified atom stereocenters. The summed E-state index contributed by atoms with van der Waals surface area (Å²) in [4.78, 5) is 19.8. The van der Waals surface area contributed by atoms with Crippen molar-refractivity contribution in [3.63, 3.8) is 0 Å². The average molecular weight is 556 g/mol. The molecular weight excluding hydrogens is 526 g/mol. The zero-order chi connectivity index (χ0) is 27.6. The lowest BCUT2D eigenvalue weighted by Crippen LogP contribution is -2.27. The first-order valence-corrected chi connectivity index (χ1v) is 14.2. The van der Waals surface area contributed by atoms with E-state index in [9.17, 15) is 4.79 Å². The summed E-state index contributed by atoms with van der Waals surface area (Å²) in [5, 5.41) is 15.4. The Hall–Kier alpha value is -3.66. The molecule has 0 radical (unpaired) electrons. The third kappa shape index (κ3) is 5.85. The predicted octanol–water partition coefficient (Wildman–Crippen LogP) is 8.61. The van der Waals surface area contributed by atoms with E-state index in [-0.39, 0.29) is 17.9 Å². The fraction of sp³-hybridized carbons (Fsp3) is 0.281. The number of halogens is 1. The Morgan fingerprint density at radius 2 is 1.95 bits per heavy atom. The van der Waals surface area contributed by atoms with E-state index in [4.69, 9.17) is 26.6 Å². The lowest BCUT2D eigenvalue weighted by Gasteiger charge is -2.33. The number of hydrogen-bond donors (Lipinski definition) is 1. The lowest BCUT2D eigenvalue weighted by atomic mass is 9.72. The fourth-order valence-electron chi connectivity index (χ4n) is 5.13. The van der Waals surface area contributed by atoms with E-state index in [0.717, 1.165) is 41.2 Å². The molecule has 198 valence electrons. The Balaban J connectivity index is 1.58. The quantitative estimate of drug-likeness (QED) is 0.242. The van der Waals surface area contributed by atoms with Crippen LogP contribution in [-0.4, -0.2) is 18.7 Å². The summed E-state index contributed by atoms with van der Waals surface area (Å²) >= 11 is 7.64. The third-order valence-electron chi connectivity index (χ3n) is 7.33. The number of hydrogen-bond acceptors (Lipinski definition) is 5. The molecule has 1 atom stereocenters. The van der Waals surface area contributed by atoms with Gasteiger partial charge in [0.15, 0.2) is 6.61 Å². The number of carbonyl (C=O) groups is 1. The average Bonchev–Trinajstić information content (AvgIpc) is 3.29. The second-order valence-corrected chi connectivity index (χ2v) is 12.4. The Kier molecular flexibility index (Phi) is 7.74. The second kappa shape index (κ2) is 11.2. The molecule has 1 aromatic heterocycles. The van der Waals surface area contributed by atoms with Crippen LogP contribution in [-0.2, 0) is 12.8 Å². The van der Waals surface area contributed by atoms with Crippen molar-refractivity contribution in [1.82, 2.24) is 0 Å². The molecule has 1 amide bonds. The van der Waals surface area contributed by atoms with Gasteiger partial charge in [-0.25, -0.2) is 4.99 Å². The summed E-state index contributed by atoms with van der Waals surface area (Å²) in [5.41, 5.74) is 3.38. The Labute approximate surface area is 238 Å². The highest BCUT2D eigenvalue weighted by molar-refractivity contribution is 7.16. The van der Waals surface area contributed by atoms with Gasteiger partial charge in [-0.15, -0.1) is 11.3 Å². The van der Waals surface area contributed by atoms with Gasteiger partial charge in [-0.1, -0.05) is 62.7 Å². The molecule has 0 bridgehead atoms. The zero-order valence-corrected chi connectivity index (χ0v) is 23.8. The maximum absolute atomic E-state index is 13.7. The van der Waals surface area contributed by atoms with Crippen LogP contribution >= 0.6 is 22.9 Å². The molecule has 1 heterocycles. The van der Waals surface area contributed by atoms with Gasteiger partial charge in [0, 0.05) is 27.4 Å². The van der Waals surface area contributed by atoms with E-state index in [1.54, 1.807) is 41.8 Å². The van der Waals surface area contributed by atoms with Crippen LogP contribution in [0.3, 0.4) is 0 Å². The monoisotopic (exact) mass is 555 g/mol. The number of nitrogens with one attached hydrogen (secondary N) is 1. The number of aliphatic imine (C=N–C) groups is 1. The van der Waals surface area contributed by atoms with Gasteiger partial charge in [-0.05, 0) is 77.3 Å². The molecule has 1 aliphatic carbocycles. The van der Waals surface area contributed by atoms with Crippen LogP contribution < -0.4 is 10.1 Å². The highest BCUT2D eigenvalue weighted by Gasteiger charge is 2.33. The largest absolute Gasteiger partial charge is 0.478 e. The zero-order valence-electron chi connectivity index (χ0n) is 22.3. The van der Waals surface area contributed by atoms with E-state index >= 15 is 0 Å². The van der Waals surface area contributed by atoms with Gasteiger partial charge in [0.05, 0.1) is 5.56 Å². The number of anilines is 1. The van der Waals surface area contributed by atoms with E-state index in [2.05, 4.69) is 26.1 Å². The van der Waals surface area contributed by atoms with Crippen molar-refractivity contribution in [2.45, 2.75) is 40.0 Å². The van der Waals surface area contributed by atoms with Crippen LogP contribution in [0.4, 0.5) is 10.7 Å². The van der Waals surface area contributed by atoms with Crippen LogP contribution in [0, 0.1) is 22.7 Å². The minimum absolute atomic E-state index is 0.0601. The Morgan fingerprint density at radius 3 is 2.69 bits per heavy atom. The molecule has 1 N–H and O–H groups in total. The van der Waals surface area contributed by atoms with E-state index in [0.29, 0.717) is 32.9 Å². The van der Waals surface area contributed by atoms with Crippen molar-refractivity contribution >= 4 is 56.5 Å². The molecule has 5 rings (SSSR count). The molecule has 4 aromatic rings. The summed E-state index contributed by atoms with van der Waals surface area (Å²) in [6.45, 7) is 6.79. The first kappa shape index (κ1) is 26.9. The number of fused-ring (bicyclic) bond motifs is 2. The molecule has 7 heteroatoms. The molecule has 1 aliphatic rings. The SMILES string of the molecule is CC(C)(C)[C@H]1CCc2c(sc(N=Cc3c(OCC#N)ccc4ccccc34)c2C(=O)Nc2ccc(Cl)cc2)C1. The predicted molar refractivity (Wildman–Crippen MR) is 161 cm³/mol. The number of amides is 1. The van der Waals surface area contributed by atoms with Gasteiger partial charge in [0.2, 0.25) is 0 Å². The van der Waals surface area contributed by atoms with Gasteiger partial charge >= 0.3 is 0 Å². The van der Waals surface area contributed by atoms with Gasteiger partial charge in [0.25, 0.3) is 5.91 Å². The summed E-state index contributed by atoms with van der Waals surface area (Å²) in [6.07, 6.45) is 4.59. The highest BCUT2D eigenvalue weighted by atomic mass is 35.5. The fourth-order valence-corrected chi connectivity index (χ4v) is 6.53. The maximum atomic E-state index is 13.7. The second-order valence-electron chi connectivity index (χ2n) is 10.9. The maximum Gasteiger partial charge on any atom is 0.259 e. The standard InChI is InChI=1S/C32H30ClN3O2S/c1-32(2,3)21-9-14-25-28(18-21)39-31(29(25)30(37)36-23-12-10-22(33)11-13-23)35-19-26-24-7-5-4-6-20(24)8-15-27(26)38-17-16-34/h4-8,10-13,15,19,21H,9,14,17-18H2,1-3H3,(H,36,37)/t21-/m0/s1. The van der Waals surface area contributed by atoms with E-state index in [1.807, 2.05) is 42.5 Å². The summed E-state index contributed by atoms with van der Waals surface area (Å²) in [5.74, 6) is 0.951. The molecule has 0 saturated carbocycles. The number of carbonyl (C=O) groups excluding carboxylic acids is 1. The summed E-state index contributed by atoms with van der Waals surface area (Å²) in [6, 6.07) is 21.0. The number of nitrogens with zero attached hydrogens (tertiary/aromatic N) is 2. The Morgan fingerprint density at radius 1 is 1.18 bits per heavy atom. The van der Waals surface area contributed by atoms with Crippen molar-refractivity contribution < 1.29 is 9.53 Å². The molecule has 39 heavy (non-hydrogen) atoms. The Bertz CT molecular complexity index is 1590. The molecule has 0 spiro atoms. The minimum atomic E-state index is -0.171. The molecule has 0 saturated heterocycles. The minimum Gasteiger partial charge on any atom is -0.478 e. The van der Waals surface area contributed by atoms with Crippen LogP contribution in [0.15, 0.2) is 65.7 Å². The summed E-state index contributed by atoms with van der Waals surface area (Å²) < 4.78 is 5.74. The van der Waals surface area contributed by atoms with Crippen LogP contribution in [0.25, 0.3) is 10.8 Å². The van der Waals surface area contributed by atoms with Crippen molar-refractivity contribution in [3.8, 4) is 11.8 Å². The van der Waals surface area contributed by atoms with E-state index < -0.39 is 0 Å². The highest BCUT2D eigenvalue weighted by Crippen LogP contribution is 2.45. The molecule has 0 fully saturated rings. The number of benzene rings is 3. The first-order chi connectivity index (χ1) is 18.7. The number of nitriles is 1. The number of thiophene rings is 1. The topological polar surface area (TPSA) is 74.5 Å². The first-order valence-electron chi connectivity index (χ1n) is 13.0. The van der Waals surface area contributed by atoms with Crippen LogP contribution in [0.5, 0.6) is 5.75 Å². The van der Waals surface area contributed by atoms with Crippen molar-refractivity contribution in [2.24, 2.45) is 16.3 Å². The van der Waals surface area contributed by atoms with Gasteiger partial charge in [-0.2, -0.15) is 5.26 Å². The van der Waals surface area contributed by atoms with Gasteiger partial charge < -0.3 is 10.1 Å². The molecule has 3 aromatic carbocycles. The summed E-state index contributed by atoms with van der Waals surface area (Å²) in [7, 11) is 0. The van der Waals surface area contributed by atoms with E-state index in [1.165, 1.54) is 4.88 Å². The number of ether oxygens (including phenoxy) is 1. The third-order valence-corrected chi connectivity index (χ3v) is 8.75. The molecule has 0 aliphatic heterocycles. The normalized spacial score (nSPS) is 15.2. The van der Waals surface area contributed by atoms with Crippen molar-refractivity contribution in [2.75, 3.05) is 11.9 Å². The molecule has 5 nitrogen and oxygen atoms in total. The van der Waals surface area contributed by atoms with Crippen molar-refractivity contribution in [1.29, 1.82) is 5.26 Å². The lowest BCUT2D eigenvalue weighted by molar-refractivity contribution is 0.102.